The molecule has 2 aromatic rings. The Kier molecular flexibility index (Phi) is 12.1. The van der Waals surface area contributed by atoms with Crippen LogP contribution < -0.4 is 10.6 Å². The van der Waals surface area contributed by atoms with Crippen LogP contribution in [-0.2, 0) is 17.6 Å². The lowest BCUT2D eigenvalue weighted by atomic mass is 9.73. The number of hydrogen-bond donors (Lipinski definition) is 0. The number of hydrogen-bond acceptors (Lipinski definition) is 2. The van der Waals surface area contributed by atoms with Crippen LogP contribution in [0.15, 0.2) is 77.5 Å². The van der Waals surface area contributed by atoms with E-state index < -0.39 is 0 Å². The molecule has 0 spiro atoms. The first-order valence-electron chi connectivity index (χ1n) is 19.0. The van der Waals surface area contributed by atoms with Gasteiger partial charge >= 0.3 is 0 Å². The molecule has 0 amide bonds. The van der Waals surface area contributed by atoms with Crippen LogP contribution in [0.3, 0.4) is 0 Å². The highest BCUT2D eigenvalue weighted by Crippen LogP contribution is 2.49. The molecule has 0 radical (unpaired) electrons. The molecule has 0 bridgehead atoms. The molecule has 6 atom stereocenters. The average molecular weight is 634 g/mol. The van der Waals surface area contributed by atoms with Crippen LogP contribution in [0.2, 0.25) is 0 Å². The van der Waals surface area contributed by atoms with Crippen molar-refractivity contribution in [2.75, 3.05) is 0 Å². The fraction of sp³-hybridized carbons (Fsp3) is 0.578. The minimum Gasteiger partial charge on any atom is -0.495 e. The maximum absolute atomic E-state index is 6.66. The van der Waals surface area contributed by atoms with Crippen molar-refractivity contribution in [3.8, 4) is 0 Å². The Balaban J connectivity index is 1.01. The van der Waals surface area contributed by atoms with Crippen molar-refractivity contribution in [2.45, 2.75) is 137 Å². The molecule has 2 saturated carbocycles. The van der Waals surface area contributed by atoms with Crippen LogP contribution >= 0.6 is 0 Å². The Hall–Kier alpha value is -2.87. The van der Waals surface area contributed by atoms with Crippen molar-refractivity contribution in [1.29, 1.82) is 0 Å². The summed E-state index contributed by atoms with van der Waals surface area (Å²) in [5, 5.41) is 2.14. The second-order valence-corrected chi connectivity index (χ2v) is 16.2. The van der Waals surface area contributed by atoms with E-state index >= 15 is 0 Å². The zero-order valence-electron chi connectivity index (χ0n) is 30.5. The van der Waals surface area contributed by atoms with Gasteiger partial charge in [0.15, 0.2) is 0 Å². The van der Waals surface area contributed by atoms with Crippen molar-refractivity contribution in [3.05, 3.63) is 99.8 Å². The van der Waals surface area contributed by atoms with Gasteiger partial charge in [-0.25, -0.2) is 4.99 Å². The molecule has 2 heteroatoms. The van der Waals surface area contributed by atoms with Gasteiger partial charge in [-0.15, -0.1) is 0 Å². The van der Waals surface area contributed by atoms with Gasteiger partial charge < -0.3 is 4.74 Å². The number of benzene rings is 2. The monoisotopic (exact) mass is 633 g/mol. The Morgan fingerprint density at radius 1 is 0.979 bits per heavy atom. The van der Waals surface area contributed by atoms with Crippen LogP contribution in [0.25, 0.3) is 6.58 Å². The second kappa shape index (κ2) is 16.0. The SMILES string of the molecule is C=C(CCCc1ccc2c(c1)Cc1cc(=C)ccc1=N2)CCC(=C)OC1CCC(C)C1(C)CCC(C)CC/C=C1/CC(C)CCC1C. The maximum Gasteiger partial charge on any atom is 0.104 e. The summed E-state index contributed by atoms with van der Waals surface area (Å²) in [6, 6.07) is 13.1. The van der Waals surface area contributed by atoms with Gasteiger partial charge in [-0.1, -0.05) is 96.2 Å². The molecule has 2 aliphatic carbocycles. The van der Waals surface area contributed by atoms with Crippen LogP contribution in [0.4, 0.5) is 5.69 Å². The number of aryl methyl sites for hydroxylation is 1. The molecular weight excluding hydrogens is 571 g/mol. The van der Waals surface area contributed by atoms with Crippen LogP contribution in [-0.4, -0.2) is 6.10 Å². The molecule has 6 unspecified atom stereocenters. The van der Waals surface area contributed by atoms with Crippen molar-refractivity contribution >= 4 is 12.3 Å². The molecule has 2 fully saturated rings. The van der Waals surface area contributed by atoms with Gasteiger partial charge in [0.25, 0.3) is 0 Å². The highest BCUT2D eigenvalue weighted by atomic mass is 16.5. The third kappa shape index (κ3) is 9.39. The lowest BCUT2D eigenvalue weighted by Crippen LogP contribution is -2.34. The van der Waals surface area contributed by atoms with E-state index in [4.69, 9.17) is 9.73 Å². The Bertz CT molecular complexity index is 1550. The minimum atomic E-state index is 0.236. The zero-order valence-corrected chi connectivity index (χ0v) is 30.5. The summed E-state index contributed by atoms with van der Waals surface area (Å²) in [7, 11) is 0. The van der Waals surface area contributed by atoms with Crippen molar-refractivity contribution in [2.24, 2.45) is 34.1 Å². The van der Waals surface area contributed by atoms with Crippen molar-refractivity contribution < 1.29 is 4.74 Å². The molecular formula is C45H63NO. The number of allylic oxidation sites excluding steroid dienone is 4. The van der Waals surface area contributed by atoms with E-state index in [-0.39, 0.29) is 5.41 Å². The summed E-state index contributed by atoms with van der Waals surface area (Å²) in [5.74, 6) is 4.07. The number of fused-ring (bicyclic) bond motifs is 2. The van der Waals surface area contributed by atoms with Gasteiger partial charge in [0.2, 0.25) is 0 Å². The van der Waals surface area contributed by atoms with E-state index in [1.54, 1.807) is 5.57 Å². The van der Waals surface area contributed by atoms with E-state index in [0.717, 1.165) is 84.7 Å². The first kappa shape index (κ1) is 35.4. The maximum atomic E-state index is 6.66. The standard InChI is InChI=1S/C45H63NO/c1-31(11-9-13-38-21-23-43-41(29-38)30-40-28-34(4)17-22-42(40)46-43)16-20-37(7)47-44-24-19-36(6)45(44,8)26-25-32(2)12-10-14-39-27-33(3)15-18-35(39)5/h14,17,21-23,28-29,32-33,35-36,44H,1,4,7,9-13,15-16,18-20,24-27,30H2,2-3,5-6,8H3/b39-14-. The predicted molar refractivity (Wildman–Crippen MR) is 201 cm³/mol. The third-order valence-electron chi connectivity index (χ3n) is 12.2. The molecule has 0 aromatic heterocycles. The fourth-order valence-electron chi connectivity index (χ4n) is 8.46. The number of nitrogens with zero attached hydrogens (tertiary/aromatic N) is 1. The molecule has 254 valence electrons. The van der Waals surface area contributed by atoms with Gasteiger partial charge in [0.1, 0.15) is 6.10 Å². The van der Waals surface area contributed by atoms with E-state index in [1.165, 1.54) is 73.6 Å². The fourth-order valence-corrected chi connectivity index (χ4v) is 8.46. The molecule has 1 heterocycles. The van der Waals surface area contributed by atoms with E-state index in [1.807, 2.05) is 6.07 Å². The molecule has 3 aliphatic rings. The lowest BCUT2D eigenvalue weighted by Gasteiger charge is -2.37. The molecule has 1 aliphatic heterocycles. The molecule has 2 aromatic carbocycles. The Labute approximate surface area is 287 Å². The van der Waals surface area contributed by atoms with Gasteiger partial charge in [0, 0.05) is 18.3 Å². The van der Waals surface area contributed by atoms with Crippen LogP contribution in [0.5, 0.6) is 0 Å². The summed E-state index contributed by atoms with van der Waals surface area (Å²) in [6.07, 6.45) is 20.5. The van der Waals surface area contributed by atoms with E-state index in [9.17, 15) is 0 Å². The topological polar surface area (TPSA) is 21.6 Å². The predicted octanol–water partition coefficient (Wildman–Crippen LogP) is 11.5. The minimum absolute atomic E-state index is 0.236. The third-order valence-corrected chi connectivity index (χ3v) is 12.2. The van der Waals surface area contributed by atoms with Crippen molar-refractivity contribution in [3.63, 3.8) is 0 Å². The zero-order chi connectivity index (χ0) is 33.6. The Morgan fingerprint density at radius 3 is 2.64 bits per heavy atom. The number of ether oxygens (including phenoxy) is 1. The molecule has 0 N–H and O–H groups in total. The number of rotatable bonds is 15. The molecule has 47 heavy (non-hydrogen) atoms. The summed E-state index contributed by atoms with van der Waals surface area (Å²) >= 11 is 0. The summed E-state index contributed by atoms with van der Waals surface area (Å²) < 4.78 is 6.66. The molecule has 2 nitrogen and oxygen atoms in total. The van der Waals surface area contributed by atoms with Gasteiger partial charge in [-0.3, -0.25) is 0 Å². The summed E-state index contributed by atoms with van der Waals surface area (Å²) in [5.41, 5.74) is 8.38. The first-order chi connectivity index (χ1) is 22.5. The van der Waals surface area contributed by atoms with Gasteiger partial charge in [-0.2, -0.15) is 0 Å². The quantitative estimate of drug-likeness (QED) is 0.121. The van der Waals surface area contributed by atoms with Gasteiger partial charge in [0.05, 0.1) is 16.8 Å². The van der Waals surface area contributed by atoms with Gasteiger partial charge in [-0.05, 0) is 141 Å². The highest BCUT2D eigenvalue weighted by molar-refractivity contribution is 5.52. The smallest absolute Gasteiger partial charge is 0.104 e. The molecule has 0 saturated heterocycles. The van der Waals surface area contributed by atoms with Crippen molar-refractivity contribution in [1.82, 2.24) is 0 Å². The van der Waals surface area contributed by atoms with Crippen LogP contribution in [0, 0.1) is 29.1 Å². The lowest BCUT2D eigenvalue weighted by molar-refractivity contribution is 0.00179. The summed E-state index contributed by atoms with van der Waals surface area (Å²) in [6.45, 7) is 25.2. The average Bonchev–Trinajstić information content (AvgIpc) is 3.32. The van der Waals surface area contributed by atoms with E-state index in [2.05, 4.69) is 90.8 Å². The first-order valence-corrected chi connectivity index (χ1v) is 19.0. The van der Waals surface area contributed by atoms with E-state index in [0.29, 0.717) is 12.0 Å². The largest absolute Gasteiger partial charge is 0.495 e. The second-order valence-electron chi connectivity index (χ2n) is 16.2. The Morgan fingerprint density at radius 2 is 1.81 bits per heavy atom. The molecule has 5 rings (SSSR count). The summed E-state index contributed by atoms with van der Waals surface area (Å²) in [4.78, 5) is 4.87. The van der Waals surface area contributed by atoms with Crippen LogP contribution in [0.1, 0.15) is 135 Å². The highest BCUT2D eigenvalue weighted by Gasteiger charge is 2.45. The normalized spacial score (nSPS) is 26.7.